The predicted molar refractivity (Wildman–Crippen MR) is 79.5 cm³/mol. The molecule has 0 aliphatic carbocycles. The lowest BCUT2D eigenvalue weighted by Crippen LogP contribution is -2.33. The number of halogens is 1. The summed E-state index contributed by atoms with van der Waals surface area (Å²) < 4.78 is 11.7. The van der Waals surface area contributed by atoms with Crippen LogP contribution in [0.25, 0.3) is 0 Å². The van der Waals surface area contributed by atoms with Crippen molar-refractivity contribution in [2.45, 2.75) is 26.1 Å². The minimum absolute atomic E-state index is 0.127. The average molecular weight is 341 g/mol. The van der Waals surface area contributed by atoms with Crippen molar-refractivity contribution in [3.8, 4) is 0 Å². The molecule has 0 bridgehead atoms. The molecule has 1 aliphatic rings. The summed E-state index contributed by atoms with van der Waals surface area (Å²) in [6.45, 7) is 4.80. The number of hydrogen-bond donors (Lipinski definition) is 1. The van der Waals surface area contributed by atoms with Gasteiger partial charge in [0.05, 0.1) is 25.8 Å². The quantitative estimate of drug-likeness (QED) is 0.676. The summed E-state index contributed by atoms with van der Waals surface area (Å²) in [7, 11) is 0. The van der Waals surface area contributed by atoms with Crippen LogP contribution in [0.15, 0.2) is 27.8 Å². The predicted octanol–water partition coefficient (Wildman–Crippen LogP) is 2.36. The standard InChI is InChI=1S/C14H17BrN2O3/c1-10-3-4-11(7-12(10)15)9-16-17-13(18)8-14(2)19-5-6-20-14/h3-4,7,9H,5-6,8H2,1-2H3,(H,17,18)/b16-9+. The van der Waals surface area contributed by atoms with Crippen molar-refractivity contribution in [3.05, 3.63) is 33.8 Å². The molecule has 0 atom stereocenters. The number of aryl methyl sites for hydroxylation is 1. The summed E-state index contributed by atoms with van der Waals surface area (Å²) in [5, 5.41) is 3.93. The number of carbonyl (C=O) groups excluding carboxylic acids is 1. The van der Waals surface area contributed by atoms with Gasteiger partial charge in [-0.05, 0) is 31.0 Å². The van der Waals surface area contributed by atoms with Crippen molar-refractivity contribution in [2.24, 2.45) is 5.10 Å². The number of carbonyl (C=O) groups is 1. The van der Waals surface area contributed by atoms with Gasteiger partial charge in [0.25, 0.3) is 0 Å². The first-order chi connectivity index (χ1) is 9.48. The Bertz CT molecular complexity index is 525. The lowest BCUT2D eigenvalue weighted by Gasteiger charge is -2.20. The molecule has 1 amide bonds. The normalized spacial score (nSPS) is 17.6. The Kier molecular flexibility index (Phi) is 4.91. The molecule has 20 heavy (non-hydrogen) atoms. The number of nitrogens with one attached hydrogen (secondary N) is 1. The summed E-state index contributed by atoms with van der Waals surface area (Å²) in [4.78, 5) is 11.7. The van der Waals surface area contributed by atoms with Crippen LogP contribution in [0.1, 0.15) is 24.5 Å². The molecule has 2 rings (SSSR count). The molecule has 6 heteroatoms. The zero-order valence-corrected chi connectivity index (χ0v) is 13.1. The fourth-order valence-corrected chi connectivity index (χ4v) is 2.25. The van der Waals surface area contributed by atoms with Gasteiger partial charge >= 0.3 is 0 Å². The van der Waals surface area contributed by atoms with E-state index in [1.165, 1.54) is 0 Å². The third kappa shape index (κ3) is 4.13. The number of nitrogens with zero attached hydrogens (tertiary/aromatic N) is 1. The third-order valence-corrected chi connectivity index (χ3v) is 3.83. The number of amides is 1. The second-order valence-electron chi connectivity index (χ2n) is 4.81. The zero-order valence-electron chi connectivity index (χ0n) is 11.5. The van der Waals surface area contributed by atoms with E-state index in [0.717, 1.165) is 15.6 Å². The van der Waals surface area contributed by atoms with E-state index >= 15 is 0 Å². The Morgan fingerprint density at radius 3 is 2.85 bits per heavy atom. The highest BCUT2D eigenvalue weighted by Gasteiger charge is 2.33. The molecule has 0 unspecified atom stereocenters. The van der Waals surface area contributed by atoms with Crippen LogP contribution in [0, 0.1) is 6.92 Å². The van der Waals surface area contributed by atoms with Gasteiger partial charge in [0, 0.05) is 4.47 Å². The molecule has 1 N–H and O–H groups in total. The van der Waals surface area contributed by atoms with Gasteiger partial charge in [-0.2, -0.15) is 5.10 Å². The lowest BCUT2D eigenvalue weighted by molar-refractivity contribution is -0.159. The van der Waals surface area contributed by atoms with Gasteiger partial charge in [0.1, 0.15) is 0 Å². The molecule has 1 fully saturated rings. The van der Waals surface area contributed by atoms with Crippen LogP contribution in [-0.2, 0) is 14.3 Å². The van der Waals surface area contributed by atoms with Gasteiger partial charge in [-0.15, -0.1) is 0 Å². The van der Waals surface area contributed by atoms with Gasteiger partial charge in [-0.25, -0.2) is 5.43 Å². The van der Waals surface area contributed by atoms with Crippen LogP contribution in [0.3, 0.4) is 0 Å². The maximum atomic E-state index is 11.7. The average Bonchev–Trinajstić information content (AvgIpc) is 2.80. The second-order valence-corrected chi connectivity index (χ2v) is 5.66. The van der Waals surface area contributed by atoms with Gasteiger partial charge in [-0.3, -0.25) is 4.79 Å². The smallest absolute Gasteiger partial charge is 0.245 e. The first-order valence-electron chi connectivity index (χ1n) is 6.34. The van der Waals surface area contributed by atoms with Crippen molar-refractivity contribution in [3.63, 3.8) is 0 Å². The van der Waals surface area contributed by atoms with Crippen LogP contribution in [-0.4, -0.2) is 31.1 Å². The molecule has 0 aromatic heterocycles. The lowest BCUT2D eigenvalue weighted by atomic mass is 10.2. The topological polar surface area (TPSA) is 59.9 Å². The summed E-state index contributed by atoms with van der Waals surface area (Å²) >= 11 is 3.45. The monoisotopic (exact) mass is 340 g/mol. The van der Waals surface area contributed by atoms with E-state index in [-0.39, 0.29) is 12.3 Å². The summed E-state index contributed by atoms with van der Waals surface area (Å²) in [5.41, 5.74) is 4.53. The number of rotatable bonds is 4. The fourth-order valence-electron chi connectivity index (χ4n) is 1.86. The highest BCUT2D eigenvalue weighted by molar-refractivity contribution is 9.10. The van der Waals surface area contributed by atoms with E-state index in [1.54, 1.807) is 13.1 Å². The summed E-state index contributed by atoms with van der Waals surface area (Å²) in [6.07, 6.45) is 1.72. The molecule has 1 aliphatic heterocycles. The van der Waals surface area contributed by atoms with E-state index < -0.39 is 5.79 Å². The number of ether oxygens (including phenoxy) is 2. The molecular formula is C14H17BrN2O3. The van der Waals surface area contributed by atoms with Crippen molar-refractivity contribution in [1.82, 2.24) is 5.43 Å². The van der Waals surface area contributed by atoms with E-state index in [9.17, 15) is 4.79 Å². The first kappa shape index (κ1) is 15.2. The summed E-state index contributed by atoms with van der Waals surface area (Å²) in [5.74, 6) is -1.07. The number of hydrazone groups is 1. The van der Waals surface area contributed by atoms with E-state index in [4.69, 9.17) is 9.47 Å². The van der Waals surface area contributed by atoms with Crippen molar-refractivity contribution < 1.29 is 14.3 Å². The van der Waals surface area contributed by atoms with Crippen molar-refractivity contribution in [2.75, 3.05) is 13.2 Å². The van der Waals surface area contributed by atoms with Gasteiger partial charge < -0.3 is 9.47 Å². The van der Waals surface area contributed by atoms with Crippen LogP contribution < -0.4 is 5.43 Å². The minimum Gasteiger partial charge on any atom is -0.347 e. The molecule has 1 saturated heterocycles. The van der Waals surface area contributed by atoms with Crippen LogP contribution >= 0.6 is 15.9 Å². The highest BCUT2D eigenvalue weighted by atomic mass is 79.9. The first-order valence-corrected chi connectivity index (χ1v) is 7.14. The van der Waals surface area contributed by atoms with Crippen LogP contribution in [0.4, 0.5) is 0 Å². The molecule has 1 heterocycles. The van der Waals surface area contributed by atoms with Crippen LogP contribution in [0.2, 0.25) is 0 Å². The molecule has 0 radical (unpaired) electrons. The molecular weight excluding hydrogens is 324 g/mol. The largest absolute Gasteiger partial charge is 0.347 e. The van der Waals surface area contributed by atoms with Crippen molar-refractivity contribution >= 4 is 28.1 Å². The SMILES string of the molecule is Cc1ccc(/C=N/NC(=O)CC2(C)OCCO2)cc1Br. The summed E-state index contributed by atoms with van der Waals surface area (Å²) in [6, 6.07) is 5.85. The molecule has 5 nitrogen and oxygen atoms in total. The molecule has 0 spiro atoms. The molecule has 0 saturated carbocycles. The van der Waals surface area contributed by atoms with Gasteiger partial charge in [0.2, 0.25) is 5.91 Å². The van der Waals surface area contributed by atoms with E-state index in [0.29, 0.717) is 13.2 Å². The Hall–Kier alpha value is -1.24. The van der Waals surface area contributed by atoms with Gasteiger partial charge in [-0.1, -0.05) is 28.1 Å². The maximum Gasteiger partial charge on any atom is 0.245 e. The Balaban J connectivity index is 1.86. The minimum atomic E-state index is -0.827. The second kappa shape index (κ2) is 6.47. The fraction of sp³-hybridized carbons (Fsp3) is 0.429. The Labute approximate surface area is 126 Å². The van der Waals surface area contributed by atoms with Gasteiger partial charge in [0.15, 0.2) is 5.79 Å². The Morgan fingerprint density at radius 1 is 1.50 bits per heavy atom. The molecule has 1 aromatic rings. The molecule has 108 valence electrons. The van der Waals surface area contributed by atoms with Crippen molar-refractivity contribution in [1.29, 1.82) is 0 Å². The maximum absolute atomic E-state index is 11.7. The highest BCUT2D eigenvalue weighted by Crippen LogP contribution is 2.22. The Morgan fingerprint density at radius 2 is 2.20 bits per heavy atom. The third-order valence-electron chi connectivity index (χ3n) is 2.98. The van der Waals surface area contributed by atoms with E-state index in [2.05, 4.69) is 26.5 Å². The van der Waals surface area contributed by atoms with Crippen LogP contribution in [0.5, 0.6) is 0 Å². The number of hydrogen-bond acceptors (Lipinski definition) is 4. The number of benzene rings is 1. The molecule has 1 aromatic carbocycles. The van der Waals surface area contributed by atoms with E-state index in [1.807, 2.05) is 25.1 Å². The zero-order chi connectivity index (χ0) is 14.6.